The van der Waals surface area contributed by atoms with Crippen molar-refractivity contribution in [2.24, 2.45) is 0 Å². The molecule has 0 aliphatic heterocycles. The molecule has 6 heteroatoms. The zero-order valence-electron chi connectivity index (χ0n) is 7.63. The van der Waals surface area contributed by atoms with Crippen molar-refractivity contribution in [2.45, 2.75) is 13.5 Å². The van der Waals surface area contributed by atoms with Crippen molar-refractivity contribution in [1.82, 2.24) is 0 Å². The van der Waals surface area contributed by atoms with Gasteiger partial charge in [-0.2, -0.15) is 8.78 Å². The van der Waals surface area contributed by atoms with Crippen molar-refractivity contribution in [1.29, 1.82) is 0 Å². The molecule has 0 aromatic heterocycles. The normalized spacial score (nSPS) is 10.5. The fraction of sp³-hybridized carbons (Fsp3) is 0.222. The number of benzene rings is 1. The Morgan fingerprint density at radius 2 is 2.13 bits per heavy atom. The molecule has 0 saturated carbocycles. The summed E-state index contributed by atoms with van der Waals surface area (Å²) in [4.78, 5) is 10.8. The van der Waals surface area contributed by atoms with Crippen LogP contribution < -0.4 is 4.74 Å². The minimum Gasteiger partial charge on any atom is -0.478 e. The maximum absolute atomic E-state index is 11.9. The van der Waals surface area contributed by atoms with Crippen molar-refractivity contribution in [2.75, 3.05) is 0 Å². The fourth-order valence-corrected chi connectivity index (χ4v) is 1.28. The minimum atomic E-state index is -3.07. The standard InChI is InChI=1S/C9H7ClF2O3/c1-4-5(10)2-3-6(15-9(11)12)7(4)8(13)14/h2-3,9H,1H3,(H,13,14). The lowest BCUT2D eigenvalue weighted by molar-refractivity contribution is -0.0503. The van der Waals surface area contributed by atoms with Crippen LogP contribution >= 0.6 is 11.6 Å². The molecule has 1 rings (SSSR count). The highest BCUT2D eigenvalue weighted by Crippen LogP contribution is 2.29. The average molecular weight is 237 g/mol. The molecule has 82 valence electrons. The molecule has 0 atom stereocenters. The predicted molar refractivity (Wildman–Crippen MR) is 49.8 cm³/mol. The van der Waals surface area contributed by atoms with Gasteiger partial charge >= 0.3 is 12.6 Å². The maximum Gasteiger partial charge on any atom is 0.387 e. The van der Waals surface area contributed by atoms with E-state index in [1.54, 1.807) is 0 Å². The summed E-state index contributed by atoms with van der Waals surface area (Å²) in [6.07, 6.45) is 0. The van der Waals surface area contributed by atoms with E-state index < -0.39 is 12.6 Å². The van der Waals surface area contributed by atoms with E-state index in [1.807, 2.05) is 0 Å². The Balaban J connectivity index is 3.27. The zero-order chi connectivity index (χ0) is 11.6. The number of ether oxygens (including phenoxy) is 1. The highest BCUT2D eigenvalue weighted by atomic mass is 35.5. The highest BCUT2D eigenvalue weighted by Gasteiger charge is 2.19. The van der Waals surface area contributed by atoms with E-state index in [9.17, 15) is 13.6 Å². The van der Waals surface area contributed by atoms with Gasteiger partial charge in [-0.1, -0.05) is 11.6 Å². The molecule has 0 unspecified atom stereocenters. The Morgan fingerprint density at radius 1 is 1.53 bits per heavy atom. The van der Waals surface area contributed by atoms with Crippen LogP contribution in [0.1, 0.15) is 15.9 Å². The Kier molecular flexibility index (Phi) is 3.47. The number of carboxylic acids is 1. The first-order valence-electron chi connectivity index (χ1n) is 3.90. The van der Waals surface area contributed by atoms with Crippen LogP contribution in [-0.4, -0.2) is 17.7 Å². The van der Waals surface area contributed by atoms with Crippen LogP contribution in [-0.2, 0) is 0 Å². The Hall–Kier alpha value is -1.36. The molecule has 0 fully saturated rings. The number of rotatable bonds is 3. The SMILES string of the molecule is Cc1c(Cl)ccc(OC(F)F)c1C(=O)O. The smallest absolute Gasteiger partial charge is 0.387 e. The lowest BCUT2D eigenvalue weighted by Crippen LogP contribution is -2.09. The molecular weight excluding hydrogens is 230 g/mol. The van der Waals surface area contributed by atoms with Gasteiger partial charge in [0.2, 0.25) is 0 Å². The maximum atomic E-state index is 11.9. The summed E-state index contributed by atoms with van der Waals surface area (Å²) in [7, 11) is 0. The van der Waals surface area contributed by atoms with Gasteiger partial charge in [-0.3, -0.25) is 0 Å². The van der Waals surface area contributed by atoms with Crippen molar-refractivity contribution in [3.8, 4) is 5.75 Å². The summed E-state index contributed by atoms with van der Waals surface area (Å²) in [5, 5.41) is 8.99. The van der Waals surface area contributed by atoms with Crippen LogP contribution in [0.15, 0.2) is 12.1 Å². The third-order valence-electron chi connectivity index (χ3n) is 1.79. The number of hydrogen-bond donors (Lipinski definition) is 1. The van der Waals surface area contributed by atoms with Crippen molar-refractivity contribution >= 4 is 17.6 Å². The van der Waals surface area contributed by atoms with Gasteiger partial charge in [0.25, 0.3) is 0 Å². The third-order valence-corrected chi connectivity index (χ3v) is 2.20. The van der Waals surface area contributed by atoms with E-state index in [0.29, 0.717) is 0 Å². The molecule has 0 heterocycles. The molecule has 0 saturated heterocycles. The fourth-order valence-electron chi connectivity index (χ4n) is 1.12. The first kappa shape index (κ1) is 11.7. The van der Waals surface area contributed by atoms with E-state index in [2.05, 4.69) is 4.74 Å². The molecule has 3 nitrogen and oxygen atoms in total. The van der Waals surface area contributed by atoms with Crippen LogP contribution in [0.5, 0.6) is 5.75 Å². The van der Waals surface area contributed by atoms with Crippen molar-refractivity contribution < 1.29 is 23.4 Å². The van der Waals surface area contributed by atoms with Crippen molar-refractivity contribution in [3.05, 3.63) is 28.3 Å². The first-order valence-corrected chi connectivity index (χ1v) is 4.28. The summed E-state index contributed by atoms with van der Waals surface area (Å²) in [6, 6.07) is 2.41. The quantitative estimate of drug-likeness (QED) is 0.878. The second kappa shape index (κ2) is 4.44. The Labute approximate surface area is 89.2 Å². The Bertz CT molecular complexity index is 393. The number of halogens is 3. The molecule has 0 radical (unpaired) electrons. The van der Waals surface area contributed by atoms with Crippen LogP contribution in [0.3, 0.4) is 0 Å². The summed E-state index contributed by atoms with van der Waals surface area (Å²) in [5.41, 5.74) is -0.148. The second-order valence-corrected chi connectivity index (χ2v) is 3.14. The number of carboxylic acid groups (broad SMARTS) is 1. The van der Waals surface area contributed by atoms with E-state index in [4.69, 9.17) is 16.7 Å². The van der Waals surface area contributed by atoms with Crippen LogP contribution in [0.4, 0.5) is 8.78 Å². The first-order chi connectivity index (χ1) is 6.93. The summed E-state index contributed by atoms with van der Waals surface area (Å²) >= 11 is 5.66. The van der Waals surface area contributed by atoms with Gasteiger partial charge in [0.1, 0.15) is 11.3 Å². The number of hydrogen-bond acceptors (Lipinski definition) is 2. The molecule has 0 aliphatic carbocycles. The lowest BCUT2D eigenvalue weighted by atomic mass is 10.1. The minimum absolute atomic E-state index is 0.189. The second-order valence-electron chi connectivity index (χ2n) is 2.73. The zero-order valence-corrected chi connectivity index (χ0v) is 8.39. The van der Waals surface area contributed by atoms with Gasteiger partial charge in [-0.15, -0.1) is 0 Å². The molecule has 15 heavy (non-hydrogen) atoms. The van der Waals surface area contributed by atoms with Crippen molar-refractivity contribution in [3.63, 3.8) is 0 Å². The molecule has 0 spiro atoms. The molecule has 1 aromatic carbocycles. The summed E-state index contributed by atoms with van der Waals surface area (Å²) in [5.74, 6) is -1.75. The van der Waals surface area contributed by atoms with E-state index in [-0.39, 0.29) is 21.9 Å². The van der Waals surface area contributed by atoms with Gasteiger partial charge < -0.3 is 9.84 Å². The molecule has 0 aliphatic rings. The van der Waals surface area contributed by atoms with E-state index in [1.165, 1.54) is 13.0 Å². The van der Waals surface area contributed by atoms with E-state index >= 15 is 0 Å². The number of alkyl halides is 2. The van der Waals surface area contributed by atoms with Crippen LogP contribution in [0, 0.1) is 6.92 Å². The topological polar surface area (TPSA) is 46.5 Å². The molecule has 0 bridgehead atoms. The van der Waals surface area contributed by atoms with Gasteiger partial charge in [0, 0.05) is 5.02 Å². The summed E-state index contributed by atoms with van der Waals surface area (Å²) < 4.78 is 28.0. The third kappa shape index (κ3) is 2.56. The highest BCUT2D eigenvalue weighted by molar-refractivity contribution is 6.31. The van der Waals surface area contributed by atoms with Crippen LogP contribution in [0.25, 0.3) is 0 Å². The monoisotopic (exact) mass is 236 g/mol. The number of aromatic carboxylic acids is 1. The summed E-state index contributed by atoms with van der Waals surface area (Å²) in [6.45, 7) is -1.65. The number of carbonyl (C=O) groups is 1. The average Bonchev–Trinajstić information content (AvgIpc) is 2.10. The van der Waals surface area contributed by atoms with Gasteiger partial charge in [-0.05, 0) is 24.6 Å². The molecule has 1 aromatic rings. The van der Waals surface area contributed by atoms with Gasteiger partial charge in [0.05, 0.1) is 0 Å². The predicted octanol–water partition coefficient (Wildman–Crippen LogP) is 2.95. The Morgan fingerprint density at radius 3 is 2.60 bits per heavy atom. The van der Waals surface area contributed by atoms with E-state index in [0.717, 1.165) is 6.07 Å². The van der Waals surface area contributed by atoms with Crippen LogP contribution in [0.2, 0.25) is 5.02 Å². The molecule has 0 amide bonds. The molecule has 1 N–H and O–H groups in total. The lowest BCUT2D eigenvalue weighted by Gasteiger charge is -2.10. The largest absolute Gasteiger partial charge is 0.478 e. The van der Waals surface area contributed by atoms with Gasteiger partial charge in [-0.25, -0.2) is 4.79 Å². The van der Waals surface area contributed by atoms with Gasteiger partial charge in [0.15, 0.2) is 0 Å². The molecular formula is C9H7ClF2O3.